The topological polar surface area (TPSA) is 63.6 Å². The van der Waals surface area contributed by atoms with Crippen LogP contribution >= 0.6 is 0 Å². The molecule has 0 spiro atoms. The van der Waals surface area contributed by atoms with E-state index in [4.69, 9.17) is 0 Å². The molecule has 11 heavy (non-hydrogen) atoms. The first-order chi connectivity index (χ1) is 5.17. The van der Waals surface area contributed by atoms with E-state index in [9.17, 15) is 14.5 Å². The molecule has 0 unspecified atom stereocenters. The molecule has 0 radical (unpaired) electrons. The second kappa shape index (κ2) is 4.71. The van der Waals surface area contributed by atoms with Crippen LogP contribution in [-0.4, -0.2) is 17.6 Å². The van der Waals surface area contributed by atoms with Crippen molar-refractivity contribution >= 4 is 11.6 Å². The summed E-state index contributed by atoms with van der Waals surface area (Å²) in [5.74, 6) is -0.793. The second-order valence-corrected chi connectivity index (χ2v) is 2.15. The lowest BCUT2D eigenvalue weighted by Gasteiger charge is -2.01. The van der Waals surface area contributed by atoms with E-state index in [2.05, 4.69) is 5.18 Å². The van der Waals surface area contributed by atoms with Crippen LogP contribution in [0, 0.1) is 4.91 Å². The Bertz CT molecular complexity index is 161. The Morgan fingerprint density at radius 2 is 1.55 bits per heavy atom. The molecular formula is C7H11NO3. The average Bonchev–Trinajstić information content (AvgIpc) is 2.05. The number of carbonyl (C=O) groups excluding carboxylic acids is 2. The smallest absolute Gasteiger partial charge is 0.208 e. The van der Waals surface area contributed by atoms with Gasteiger partial charge in [0.2, 0.25) is 6.04 Å². The van der Waals surface area contributed by atoms with Gasteiger partial charge in [0.25, 0.3) is 0 Å². The molecule has 0 heterocycles. The lowest BCUT2D eigenvalue weighted by atomic mass is 10.1. The van der Waals surface area contributed by atoms with E-state index in [1.807, 2.05) is 0 Å². The normalized spacial score (nSPS) is 9.73. The van der Waals surface area contributed by atoms with E-state index in [-0.39, 0.29) is 12.8 Å². The molecule has 0 saturated carbocycles. The Kier molecular flexibility index (Phi) is 4.26. The summed E-state index contributed by atoms with van der Waals surface area (Å²) >= 11 is 0. The van der Waals surface area contributed by atoms with Gasteiger partial charge in [-0.15, -0.1) is 4.91 Å². The van der Waals surface area contributed by atoms with Crippen LogP contribution in [0.3, 0.4) is 0 Å². The number of hydrogen-bond donors (Lipinski definition) is 0. The maximum atomic E-state index is 10.8. The molecule has 0 rings (SSSR count). The van der Waals surface area contributed by atoms with Gasteiger partial charge in [0.1, 0.15) is 0 Å². The van der Waals surface area contributed by atoms with Gasteiger partial charge in [-0.3, -0.25) is 9.59 Å². The average molecular weight is 157 g/mol. The van der Waals surface area contributed by atoms with Crippen LogP contribution in [0.25, 0.3) is 0 Å². The summed E-state index contributed by atoms with van der Waals surface area (Å²) in [7, 11) is 0. The fourth-order valence-electron chi connectivity index (χ4n) is 0.684. The first-order valence-corrected chi connectivity index (χ1v) is 3.55. The highest BCUT2D eigenvalue weighted by atomic mass is 16.3. The van der Waals surface area contributed by atoms with Crippen molar-refractivity contribution in [3.8, 4) is 0 Å². The van der Waals surface area contributed by atoms with Gasteiger partial charge in [0.05, 0.1) is 0 Å². The van der Waals surface area contributed by atoms with Gasteiger partial charge < -0.3 is 0 Å². The van der Waals surface area contributed by atoms with Crippen molar-refractivity contribution < 1.29 is 9.59 Å². The number of carbonyl (C=O) groups is 2. The molecule has 0 N–H and O–H groups in total. The Morgan fingerprint density at radius 1 is 1.18 bits per heavy atom. The molecule has 0 aromatic carbocycles. The van der Waals surface area contributed by atoms with Crippen LogP contribution in [0.4, 0.5) is 0 Å². The molecule has 4 nitrogen and oxygen atoms in total. The molecule has 0 saturated heterocycles. The molecule has 62 valence electrons. The van der Waals surface area contributed by atoms with Crippen molar-refractivity contribution in [3.63, 3.8) is 0 Å². The summed E-state index contributed by atoms with van der Waals surface area (Å²) in [6.45, 7) is 3.20. The Hall–Kier alpha value is -1.06. The SMILES string of the molecule is CCC(=O)C(N=O)C(=O)CC. The molecule has 0 fully saturated rings. The van der Waals surface area contributed by atoms with Crippen molar-refractivity contribution in [1.82, 2.24) is 0 Å². The number of ketones is 2. The predicted molar refractivity (Wildman–Crippen MR) is 40.2 cm³/mol. The fourth-order valence-corrected chi connectivity index (χ4v) is 0.684. The number of rotatable bonds is 5. The quantitative estimate of drug-likeness (QED) is 0.443. The zero-order chi connectivity index (χ0) is 8.85. The van der Waals surface area contributed by atoms with Crippen molar-refractivity contribution in [2.24, 2.45) is 5.18 Å². The van der Waals surface area contributed by atoms with Gasteiger partial charge in [-0.1, -0.05) is 19.0 Å². The molecule has 0 amide bonds. The molecule has 0 aromatic rings. The standard InChI is InChI=1S/C7H11NO3/c1-3-5(9)7(8-11)6(10)4-2/h7H,3-4H2,1-2H3. The van der Waals surface area contributed by atoms with Crippen molar-refractivity contribution in [2.75, 3.05) is 0 Å². The van der Waals surface area contributed by atoms with Gasteiger partial charge in [0, 0.05) is 12.8 Å². The van der Waals surface area contributed by atoms with E-state index in [0.29, 0.717) is 0 Å². The van der Waals surface area contributed by atoms with Crippen molar-refractivity contribution in [3.05, 3.63) is 4.91 Å². The number of nitroso groups, excluding NO2 is 1. The first-order valence-electron chi connectivity index (χ1n) is 3.55. The minimum atomic E-state index is -1.26. The van der Waals surface area contributed by atoms with Crippen molar-refractivity contribution in [1.29, 1.82) is 0 Å². The highest BCUT2D eigenvalue weighted by Crippen LogP contribution is 2.00. The summed E-state index contributed by atoms with van der Waals surface area (Å²) in [5, 5.41) is 2.48. The van der Waals surface area contributed by atoms with E-state index in [1.54, 1.807) is 13.8 Å². The third-order valence-electron chi connectivity index (χ3n) is 1.41. The molecule has 4 heteroatoms. The molecule has 0 aliphatic carbocycles. The van der Waals surface area contributed by atoms with Crippen LogP contribution in [-0.2, 0) is 9.59 Å². The Balaban J connectivity index is 4.27. The van der Waals surface area contributed by atoms with Crippen LogP contribution < -0.4 is 0 Å². The van der Waals surface area contributed by atoms with Gasteiger partial charge in [-0.2, -0.15) is 0 Å². The molecular weight excluding hydrogens is 146 g/mol. The highest BCUT2D eigenvalue weighted by Gasteiger charge is 2.23. The van der Waals surface area contributed by atoms with Crippen LogP contribution in [0.5, 0.6) is 0 Å². The lowest BCUT2D eigenvalue weighted by molar-refractivity contribution is -0.128. The summed E-state index contributed by atoms with van der Waals surface area (Å²) in [6, 6.07) is -1.26. The largest absolute Gasteiger partial charge is 0.297 e. The number of nitrogens with zero attached hydrogens (tertiary/aromatic N) is 1. The zero-order valence-electron chi connectivity index (χ0n) is 6.66. The molecule has 0 aromatic heterocycles. The van der Waals surface area contributed by atoms with Gasteiger partial charge in [0.15, 0.2) is 11.6 Å². The minimum absolute atomic E-state index is 0.183. The maximum absolute atomic E-state index is 10.8. The highest BCUT2D eigenvalue weighted by molar-refractivity contribution is 6.06. The number of Topliss-reactive ketones (excluding diaryl/α,β-unsaturated/α-hetero) is 2. The van der Waals surface area contributed by atoms with Crippen LogP contribution in [0.15, 0.2) is 5.18 Å². The zero-order valence-corrected chi connectivity index (χ0v) is 6.66. The van der Waals surface area contributed by atoms with Gasteiger partial charge >= 0.3 is 0 Å². The Morgan fingerprint density at radius 3 is 1.73 bits per heavy atom. The molecule has 0 aliphatic heterocycles. The molecule has 0 aliphatic rings. The van der Waals surface area contributed by atoms with E-state index >= 15 is 0 Å². The van der Waals surface area contributed by atoms with Gasteiger partial charge in [-0.25, -0.2) is 0 Å². The lowest BCUT2D eigenvalue weighted by Crippen LogP contribution is -2.26. The number of hydrogen-bond acceptors (Lipinski definition) is 4. The third-order valence-corrected chi connectivity index (χ3v) is 1.41. The molecule has 0 bridgehead atoms. The van der Waals surface area contributed by atoms with Crippen molar-refractivity contribution in [2.45, 2.75) is 32.7 Å². The maximum Gasteiger partial charge on any atom is 0.208 e. The van der Waals surface area contributed by atoms with Crippen LogP contribution in [0.1, 0.15) is 26.7 Å². The van der Waals surface area contributed by atoms with Crippen LogP contribution in [0.2, 0.25) is 0 Å². The Labute approximate surface area is 64.9 Å². The summed E-state index contributed by atoms with van der Waals surface area (Å²) < 4.78 is 0. The van der Waals surface area contributed by atoms with Gasteiger partial charge in [-0.05, 0) is 0 Å². The minimum Gasteiger partial charge on any atom is -0.297 e. The monoisotopic (exact) mass is 157 g/mol. The first kappa shape index (κ1) is 9.94. The summed E-state index contributed by atoms with van der Waals surface area (Å²) in [6.07, 6.45) is 0.365. The fraction of sp³-hybridized carbons (Fsp3) is 0.714. The van der Waals surface area contributed by atoms with E-state index in [0.717, 1.165) is 0 Å². The summed E-state index contributed by atoms with van der Waals surface area (Å²) in [5.41, 5.74) is 0. The third kappa shape index (κ3) is 2.57. The van der Waals surface area contributed by atoms with E-state index in [1.165, 1.54) is 0 Å². The summed E-state index contributed by atoms with van der Waals surface area (Å²) in [4.78, 5) is 31.7. The second-order valence-electron chi connectivity index (χ2n) is 2.15. The predicted octanol–water partition coefficient (Wildman–Crippen LogP) is 1.08. The molecule has 0 atom stereocenters. The van der Waals surface area contributed by atoms with E-state index < -0.39 is 17.6 Å².